The monoisotopic (exact) mass is 526 g/mol. The van der Waals surface area contributed by atoms with Crippen LogP contribution in [-0.4, -0.2) is 63.4 Å². The third-order valence-corrected chi connectivity index (χ3v) is 7.63. The number of aromatic nitrogens is 3. The first kappa shape index (κ1) is 26.0. The van der Waals surface area contributed by atoms with E-state index < -0.39 is 0 Å². The molecule has 0 unspecified atom stereocenters. The zero-order valence-corrected chi connectivity index (χ0v) is 22.3. The maximum Gasteiger partial charge on any atom is 0.253 e. The Morgan fingerprint density at radius 2 is 1.67 bits per heavy atom. The molecule has 1 atom stereocenters. The number of thioether (sulfide) groups is 1. The first-order valence-electron chi connectivity index (χ1n) is 12.0. The lowest BCUT2D eigenvalue weighted by Crippen LogP contribution is -2.49. The van der Waals surface area contributed by atoms with Gasteiger partial charge in [-0.15, -0.1) is 10.2 Å². The van der Waals surface area contributed by atoms with Crippen LogP contribution >= 0.6 is 23.4 Å². The van der Waals surface area contributed by atoms with Gasteiger partial charge in [0, 0.05) is 38.9 Å². The maximum absolute atomic E-state index is 12.9. The fourth-order valence-electron chi connectivity index (χ4n) is 4.19. The molecule has 36 heavy (non-hydrogen) atoms. The van der Waals surface area contributed by atoms with Gasteiger partial charge < -0.3 is 19.7 Å². The smallest absolute Gasteiger partial charge is 0.253 e. The molecule has 0 bridgehead atoms. The van der Waals surface area contributed by atoms with Crippen molar-refractivity contribution < 1.29 is 9.59 Å². The summed E-state index contributed by atoms with van der Waals surface area (Å²) in [4.78, 5) is 29.9. The molecule has 2 heterocycles. The Labute approximate surface area is 221 Å². The Morgan fingerprint density at radius 1 is 1.00 bits per heavy atom. The highest BCUT2D eigenvalue weighted by molar-refractivity contribution is 7.99. The van der Waals surface area contributed by atoms with Gasteiger partial charge in [0.25, 0.3) is 5.91 Å². The number of piperazine rings is 1. The van der Waals surface area contributed by atoms with Crippen LogP contribution in [0.5, 0.6) is 0 Å². The van der Waals surface area contributed by atoms with Crippen molar-refractivity contribution in [2.24, 2.45) is 13.0 Å². The van der Waals surface area contributed by atoms with Gasteiger partial charge in [0.1, 0.15) is 0 Å². The lowest BCUT2D eigenvalue weighted by atomic mass is 10.0. The zero-order valence-electron chi connectivity index (χ0n) is 20.7. The van der Waals surface area contributed by atoms with E-state index in [4.69, 9.17) is 11.6 Å². The van der Waals surface area contributed by atoms with Crippen LogP contribution in [0.4, 0.5) is 5.69 Å². The van der Waals surface area contributed by atoms with Crippen molar-refractivity contribution in [2.75, 3.05) is 36.8 Å². The van der Waals surface area contributed by atoms with Gasteiger partial charge in [-0.3, -0.25) is 9.59 Å². The number of hydrogen-bond donors (Lipinski definition) is 1. The summed E-state index contributed by atoms with van der Waals surface area (Å²) < 4.78 is 1.85. The topological polar surface area (TPSA) is 83.4 Å². The maximum atomic E-state index is 12.9. The summed E-state index contributed by atoms with van der Waals surface area (Å²) in [5.41, 5.74) is 1.60. The number of amides is 2. The number of para-hydroxylation sites is 1. The summed E-state index contributed by atoms with van der Waals surface area (Å²) in [6.45, 7) is 7.05. The molecule has 190 valence electrons. The summed E-state index contributed by atoms with van der Waals surface area (Å²) >= 11 is 7.57. The van der Waals surface area contributed by atoms with Crippen LogP contribution in [0, 0.1) is 5.92 Å². The molecule has 1 aromatic heterocycles. The molecule has 0 saturated carbocycles. The minimum atomic E-state index is -0.359. The third kappa shape index (κ3) is 6.02. The van der Waals surface area contributed by atoms with E-state index in [1.807, 2.05) is 48.6 Å². The largest absolute Gasteiger partial charge is 0.368 e. The highest BCUT2D eigenvalue weighted by atomic mass is 35.5. The number of benzene rings is 2. The predicted molar refractivity (Wildman–Crippen MR) is 143 cm³/mol. The molecule has 0 spiro atoms. The number of anilines is 1. The van der Waals surface area contributed by atoms with E-state index in [0.29, 0.717) is 34.7 Å². The zero-order chi connectivity index (χ0) is 25.7. The quantitative estimate of drug-likeness (QED) is 0.446. The Bertz CT molecular complexity index is 1190. The van der Waals surface area contributed by atoms with Crippen molar-refractivity contribution >= 4 is 40.9 Å². The van der Waals surface area contributed by atoms with E-state index in [-0.39, 0.29) is 29.5 Å². The number of rotatable bonds is 8. The van der Waals surface area contributed by atoms with Crippen LogP contribution < -0.4 is 10.2 Å². The number of carbonyl (C=O) groups excluding carboxylic acids is 2. The van der Waals surface area contributed by atoms with Crippen LogP contribution in [0.3, 0.4) is 0 Å². The van der Waals surface area contributed by atoms with E-state index in [1.54, 1.807) is 24.3 Å². The molecule has 0 radical (unpaired) electrons. The Hall–Kier alpha value is -3.04. The normalized spacial score (nSPS) is 14.7. The molecule has 4 rings (SSSR count). The standard InChI is InChI=1S/C26H31ClN6O2S/c1-18(2)23(28-25(35)20-11-7-8-12-21(20)27)24-29-30-26(31(24)3)36-17-22(34)33-15-13-32(14-16-33)19-9-5-4-6-10-19/h4-12,18,23H,13-17H2,1-3H3,(H,28,35)/t23-/m0/s1. The summed E-state index contributed by atoms with van der Waals surface area (Å²) in [6, 6.07) is 16.9. The molecule has 0 aliphatic carbocycles. The third-order valence-electron chi connectivity index (χ3n) is 6.30. The van der Waals surface area contributed by atoms with Crippen molar-refractivity contribution in [3.63, 3.8) is 0 Å². The van der Waals surface area contributed by atoms with Gasteiger partial charge in [-0.1, -0.05) is 67.5 Å². The highest BCUT2D eigenvalue weighted by Crippen LogP contribution is 2.26. The SMILES string of the molecule is CC(C)[C@H](NC(=O)c1ccccc1Cl)c1nnc(SCC(=O)N2CCN(c3ccccc3)CC2)n1C. The molecule has 1 aliphatic rings. The van der Waals surface area contributed by atoms with Gasteiger partial charge >= 0.3 is 0 Å². The number of nitrogens with zero attached hydrogens (tertiary/aromatic N) is 5. The number of nitrogens with one attached hydrogen (secondary N) is 1. The average Bonchev–Trinajstić information content (AvgIpc) is 3.26. The van der Waals surface area contributed by atoms with Gasteiger partial charge in [-0.2, -0.15) is 0 Å². The second-order valence-electron chi connectivity index (χ2n) is 9.07. The van der Waals surface area contributed by atoms with Crippen molar-refractivity contribution in [1.82, 2.24) is 25.0 Å². The van der Waals surface area contributed by atoms with Crippen LogP contribution in [0.1, 0.15) is 36.1 Å². The number of carbonyl (C=O) groups is 2. The van der Waals surface area contributed by atoms with Gasteiger partial charge in [0.15, 0.2) is 11.0 Å². The van der Waals surface area contributed by atoms with E-state index in [2.05, 4.69) is 32.5 Å². The molecule has 1 fully saturated rings. The molecule has 1 N–H and O–H groups in total. The molecule has 8 nitrogen and oxygen atoms in total. The van der Waals surface area contributed by atoms with Gasteiger partial charge in [0.2, 0.25) is 5.91 Å². The van der Waals surface area contributed by atoms with E-state index in [9.17, 15) is 9.59 Å². The summed E-state index contributed by atoms with van der Waals surface area (Å²) in [5, 5.41) is 12.7. The molecular weight excluding hydrogens is 496 g/mol. The van der Waals surface area contributed by atoms with E-state index >= 15 is 0 Å². The van der Waals surface area contributed by atoms with Gasteiger partial charge in [-0.25, -0.2) is 0 Å². The Morgan fingerprint density at radius 3 is 2.33 bits per heavy atom. The summed E-state index contributed by atoms with van der Waals surface area (Å²) in [7, 11) is 1.86. The minimum Gasteiger partial charge on any atom is -0.368 e. The first-order valence-corrected chi connectivity index (χ1v) is 13.4. The van der Waals surface area contributed by atoms with Gasteiger partial charge in [-0.05, 0) is 30.2 Å². The van der Waals surface area contributed by atoms with Crippen molar-refractivity contribution in [1.29, 1.82) is 0 Å². The van der Waals surface area contributed by atoms with Crippen LogP contribution in [0.2, 0.25) is 5.02 Å². The fraction of sp³-hybridized carbons (Fsp3) is 0.385. The van der Waals surface area contributed by atoms with Crippen molar-refractivity contribution in [2.45, 2.75) is 25.0 Å². The Balaban J connectivity index is 1.35. The van der Waals surface area contributed by atoms with Crippen LogP contribution in [-0.2, 0) is 11.8 Å². The molecular formula is C26H31ClN6O2S. The number of hydrogen-bond acceptors (Lipinski definition) is 6. The van der Waals surface area contributed by atoms with E-state index in [0.717, 1.165) is 13.1 Å². The molecule has 1 saturated heterocycles. The molecule has 1 aliphatic heterocycles. The molecule has 3 aromatic rings. The Kier molecular flexibility index (Phi) is 8.53. The fourth-order valence-corrected chi connectivity index (χ4v) is 5.23. The second-order valence-corrected chi connectivity index (χ2v) is 10.4. The van der Waals surface area contributed by atoms with Gasteiger partial charge in [0.05, 0.1) is 22.4 Å². The van der Waals surface area contributed by atoms with Crippen molar-refractivity contribution in [3.8, 4) is 0 Å². The van der Waals surface area contributed by atoms with Crippen molar-refractivity contribution in [3.05, 3.63) is 71.0 Å². The summed E-state index contributed by atoms with van der Waals surface area (Å²) in [6.07, 6.45) is 0. The van der Waals surface area contributed by atoms with Crippen LogP contribution in [0.25, 0.3) is 0 Å². The molecule has 2 aromatic carbocycles. The first-order chi connectivity index (χ1) is 17.3. The lowest BCUT2D eigenvalue weighted by Gasteiger charge is -2.36. The molecule has 10 heteroatoms. The minimum absolute atomic E-state index is 0.0692. The predicted octanol–water partition coefficient (Wildman–Crippen LogP) is 4.04. The second kappa shape index (κ2) is 11.8. The average molecular weight is 527 g/mol. The molecule has 2 amide bonds. The lowest BCUT2D eigenvalue weighted by molar-refractivity contribution is -0.128. The van der Waals surface area contributed by atoms with E-state index in [1.165, 1.54) is 17.4 Å². The highest BCUT2D eigenvalue weighted by Gasteiger charge is 2.27. The van der Waals surface area contributed by atoms with Crippen LogP contribution in [0.15, 0.2) is 59.8 Å². The summed E-state index contributed by atoms with van der Waals surface area (Å²) in [5.74, 6) is 0.818. The number of halogens is 1.